The lowest BCUT2D eigenvalue weighted by atomic mass is 9.67. The molecule has 0 saturated carbocycles. The smallest absolute Gasteiger partial charge is 0.170 e. The van der Waals surface area contributed by atoms with Crippen LogP contribution in [0.1, 0.15) is 27.7 Å². The molecule has 0 spiro atoms. The third-order valence-corrected chi connectivity index (χ3v) is 2.76. The lowest BCUT2D eigenvalue weighted by molar-refractivity contribution is -0.370. The van der Waals surface area contributed by atoms with Gasteiger partial charge in [0.2, 0.25) is 0 Å². The van der Waals surface area contributed by atoms with E-state index in [-0.39, 0.29) is 0 Å². The third kappa shape index (κ3) is 2.08. The average molecular weight is 236 g/mol. The Kier molecular flexibility index (Phi) is 3.76. The zero-order chi connectivity index (χ0) is 12.7. The van der Waals surface area contributed by atoms with Crippen molar-refractivity contribution in [1.82, 2.24) is 0 Å². The number of rotatable bonds is 2. The first-order chi connectivity index (χ1) is 6.39. The molecule has 0 aliphatic heterocycles. The van der Waals surface area contributed by atoms with Crippen LogP contribution in [0.2, 0.25) is 0 Å². The van der Waals surface area contributed by atoms with Gasteiger partial charge in [0.25, 0.3) is 0 Å². The Bertz CT molecular complexity index is 186. The largest absolute Gasteiger partial charge is 0.403 e. The molecule has 0 radical (unpaired) electrons. The minimum absolute atomic E-state index is 0.945. The summed E-state index contributed by atoms with van der Waals surface area (Å²) in [5, 5.41) is 0. The molecule has 0 aromatic rings. The van der Waals surface area contributed by atoms with Crippen molar-refractivity contribution in [3.05, 3.63) is 0 Å². The molecule has 0 nitrogen and oxygen atoms in total. The zero-order valence-electron chi connectivity index (χ0n) is 8.92. The molecular weight excluding hydrogens is 222 g/mol. The van der Waals surface area contributed by atoms with Crippen LogP contribution in [0, 0.1) is 17.3 Å². The number of alkyl halides is 6. The highest BCUT2D eigenvalue weighted by atomic mass is 19.4. The predicted molar refractivity (Wildman–Crippen MR) is 44.2 cm³/mol. The minimum atomic E-state index is -5.28. The van der Waals surface area contributed by atoms with Gasteiger partial charge in [0.05, 0.1) is 0 Å². The number of hydrogen-bond acceptors (Lipinski definition) is 0. The maximum absolute atomic E-state index is 12.7. The van der Waals surface area contributed by atoms with Crippen molar-refractivity contribution in [3.63, 3.8) is 0 Å². The van der Waals surface area contributed by atoms with Crippen LogP contribution < -0.4 is 0 Å². The molecule has 0 heterocycles. The Morgan fingerprint density at radius 1 is 0.600 bits per heavy atom. The first kappa shape index (κ1) is 14.6. The summed E-state index contributed by atoms with van der Waals surface area (Å²) in [5.41, 5.74) is -3.62. The second-order valence-electron chi connectivity index (χ2n) is 4.17. The highest BCUT2D eigenvalue weighted by Gasteiger charge is 2.73. The van der Waals surface area contributed by atoms with Gasteiger partial charge in [0, 0.05) is 0 Å². The maximum Gasteiger partial charge on any atom is 0.403 e. The molecule has 0 fully saturated rings. The third-order valence-electron chi connectivity index (χ3n) is 2.76. The highest BCUT2D eigenvalue weighted by molar-refractivity contribution is 4.97. The molecule has 0 aliphatic carbocycles. The number of hydrogen-bond donors (Lipinski definition) is 0. The van der Waals surface area contributed by atoms with Crippen LogP contribution in [0.15, 0.2) is 0 Å². The lowest BCUT2D eigenvalue weighted by Gasteiger charge is -2.43. The van der Waals surface area contributed by atoms with Gasteiger partial charge < -0.3 is 0 Å². The van der Waals surface area contributed by atoms with Crippen LogP contribution in [0.3, 0.4) is 0 Å². The molecule has 0 bridgehead atoms. The second kappa shape index (κ2) is 3.87. The molecule has 0 amide bonds. The van der Waals surface area contributed by atoms with Gasteiger partial charge in [-0.3, -0.25) is 0 Å². The van der Waals surface area contributed by atoms with Gasteiger partial charge in [0.15, 0.2) is 5.41 Å². The summed E-state index contributed by atoms with van der Waals surface area (Å²) >= 11 is 0. The molecule has 0 aromatic heterocycles. The van der Waals surface area contributed by atoms with Gasteiger partial charge in [-0.05, 0) is 11.8 Å². The summed E-state index contributed by atoms with van der Waals surface area (Å²) < 4.78 is 75.9. The Morgan fingerprint density at radius 2 is 0.800 bits per heavy atom. The first-order valence-electron chi connectivity index (χ1n) is 4.52. The van der Waals surface area contributed by atoms with Gasteiger partial charge >= 0.3 is 12.4 Å². The fourth-order valence-corrected chi connectivity index (χ4v) is 2.14. The van der Waals surface area contributed by atoms with Crippen LogP contribution in [-0.2, 0) is 0 Å². The van der Waals surface area contributed by atoms with E-state index < -0.39 is 29.6 Å². The quantitative estimate of drug-likeness (QED) is 0.623. The van der Waals surface area contributed by atoms with E-state index >= 15 is 0 Å². The molecule has 0 saturated heterocycles. The summed E-state index contributed by atoms with van der Waals surface area (Å²) in [5.74, 6) is -3.09. The van der Waals surface area contributed by atoms with Crippen molar-refractivity contribution >= 4 is 0 Å². The van der Waals surface area contributed by atoms with Gasteiger partial charge in [-0.25, -0.2) is 0 Å². The summed E-state index contributed by atoms with van der Waals surface area (Å²) in [6.07, 6.45) is -10.6. The van der Waals surface area contributed by atoms with Crippen molar-refractivity contribution in [2.75, 3.05) is 0 Å². The second-order valence-corrected chi connectivity index (χ2v) is 4.17. The highest BCUT2D eigenvalue weighted by Crippen LogP contribution is 2.59. The van der Waals surface area contributed by atoms with E-state index in [1.807, 2.05) is 0 Å². The van der Waals surface area contributed by atoms with E-state index in [2.05, 4.69) is 0 Å². The monoisotopic (exact) mass is 236 g/mol. The average Bonchev–Trinajstić information content (AvgIpc) is 1.75. The summed E-state index contributed by atoms with van der Waals surface area (Å²) in [4.78, 5) is 0. The zero-order valence-corrected chi connectivity index (χ0v) is 8.92. The molecule has 92 valence electrons. The molecule has 0 rings (SSSR count). The Hall–Kier alpha value is -0.420. The molecule has 0 aliphatic rings. The summed E-state index contributed by atoms with van der Waals surface area (Å²) in [6, 6.07) is 0. The van der Waals surface area contributed by atoms with Gasteiger partial charge in [-0.15, -0.1) is 0 Å². The van der Waals surface area contributed by atoms with Crippen molar-refractivity contribution in [2.45, 2.75) is 40.0 Å². The molecule has 0 N–H and O–H groups in total. The summed E-state index contributed by atoms with van der Waals surface area (Å²) in [6.45, 7) is 3.78. The van der Waals surface area contributed by atoms with E-state index in [0.29, 0.717) is 0 Å². The Morgan fingerprint density at radius 3 is 0.800 bits per heavy atom. The van der Waals surface area contributed by atoms with E-state index in [1.165, 1.54) is 0 Å². The van der Waals surface area contributed by atoms with Crippen molar-refractivity contribution in [2.24, 2.45) is 17.3 Å². The maximum atomic E-state index is 12.7. The minimum Gasteiger partial charge on any atom is -0.170 e. The van der Waals surface area contributed by atoms with E-state index in [0.717, 1.165) is 27.7 Å². The first-order valence-corrected chi connectivity index (χ1v) is 4.52. The topological polar surface area (TPSA) is 0 Å². The Balaban J connectivity index is 5.73. The van der Waals surface area contributed by atoms with E-state index in [4.69, 9.17) is 0 Å². The van der Waals surface area contributed by atoms with Crippen molar-refractivity contribution < 1.29 is 26.3 Å². The van der Waals surface area contributed by atoms with Crippen molar-refractivity contribution in [1.29, 1.82) is 0 Å². The summed E-state index contributed by atoms with van der Waals surface area (Å²) in [7, 11) is 0. The molecule has 15 heavy (non-hydrogen) atoms. The lowest BCUT2D eigenvalue weighted by Crippen LogP contribution is -2.57. The molecule has 6 heteroatoms. The standard InChI is InChI=1S/C9H14F6/c1-5(2)7(6(3)4,8(10,11)12)9(13,14)15/h5-6H,1-4H3. The fourth-order valence-electron chi connectivity index (χ4n) is 2.14. The van der Waals surface area contributed by atoms with Gasteiger partial charge in [-0.1, -0.05) is 27.7 Å². The molecule has 0 atom stereocenters. The normalized spacial score (nSPS) is 15.2. The molecular formula is C9H14F6. The van der Waals surface area contributed by atoms with Crippen LogP contribution >= 0.6 is 0 Å². The van der Waals surface area contributed by atoms with Crippen LogP contribution in [0.5, 0.6) is 0 Å². The molecule has 0 unspecified atom stereocenters. The van der Waals surface area contributed by atoms with Crippen LogP contribution in [0.25, 0.3) is 0 Å². The Labute approximate surface area is 84.7 Å². The van der Waals surface area contributed by atoms with Crippen LogP contribution in [-0.4, -0.2) is 12.4 Å². The van der Waals surface area contributed by atoms with Gasteiger partial charge in [-0.2, -0.15) is 26.3 Å². The van der Waals surface area contributed by atoms with E-state index in [1.54, 1.807) is 0 Å². The van der Waals surface area contributed by atoms with Gasteiger partial charge in [0.1, 0.15) is 0 Å². The number of halogens is 6. The predicted octanol–water partition coefficient (Wildman–Crippen LogP) is 4.41. The fraction of sp³-hybridized carbons (Fsp3) is 1.00. The van der Waals surface area contributed by atoms with E-state index in [9.17, 15) is 26.3 Å². The SMILES string of the molecule is CC(C)C(C(C)C)(C(F)(F)F)C(F)(F)F. The van der Waals surface area contributed by atoms with Crippen molar-refractivity contribution in [3.8, 4) is 0 Å². The van der Waals surface area contributed by atoms with Crippen LogP contribution in [0.4, 0.5) is 26.3 Å². The molecule has 0 aromatic carbocycles.